The molecule has 0 radical (unpaired) electrons. The first-order chi connectivity index (χ1) is 2.00. The molecule has 0 amide bonds. The summed E-state index contributed by atoms with van der Waals surface area (Å²) in [6.45, 7) is 0. The summed E-state index contributed by atoms with van der Waals surface area (Å²) in [5, 5.41) is 0. The predicted octanol–water partition coefficient (Wildman–Crippen LogP) is -5.98. The van der Waals surface area contributed by atoms with Crippen molar-refractivity contribution in [3.8, 4) is 0 Å². The van der Waals surface area contributed by atoms with Crippen molar-refractivity contribution in [1.82, 2.24) is 0 Å². The van der Waals surface area contributed by atoms with Crippen LogP contribution in [0, 0.1) is 0 Å². The van der Waals surface area contributed by atoms with Crippen LogP contribution in [0.5, 0.6) is 0 Å². The summed E-state index contributed by atoms with van der Waals surface area (Å²) in [7, 11) is -5.17. The van der Waals surface area contributed by atoms with Crippen LogP contribution >= 0.6 is 0 Å². The van der Waals surface area contributed by atoms with Gasteiger partial charge in [0.25, 0.3) is 0 Å². The predicted molar refractivity (Wildman–Crippen MR) is 17.7 cm³/mol. The van der Waals surface area contributed by atoms with E-state index < -0.39 is 10.4 Å². The Bertz CT molecular complexity index is 91.7. The first kappa shape index (κ1) is 23.2. The number of hydrogen-bond donors (Lipinski definition) is 0. The van der Waals surface area contributed by atoms with Gasteiger partial charge in [-0.2, -0.15) is 0 Å². The second-order valence-corrected chi connectivity index (χ2v) is 1.22. The van der Waals surface area contributed by atoms with E-state index in [2.05, 4.69) is 0 Å². The van der Waals surface area contributed by atoms with Gasteiger partial charge >= 0.3 is 29.6 Å². The van der Waals surface area contributed by atoms with E-state index in [-0.39, 0.29) is 40.5 Å². The van der Waals surface area contributed by atoms with Gasteiger partial charge < -0.3 is 20.1 Å². The molecule has 0 aliphatic rings. The zero-order chi connectivity index (χ0) is 4.50. The van der Waals surface area contributed by atoms with Crippen molar-refractivity contribution in [3.63, 3.8) is 0 Å². The van der Waals surface area contributed by atoms with Crippen molar-refractivity contribution < 1.29 is 58.0 Å². The Hall–Kier alpha value is 0.790. The third-order valence-corrected chi connectivity index (χ3v) is 0. The molecule has 48 valence electrons. The van der Waals surface area contributed by atoms with Gasteiger partial charge in [-0.05, 0) is 0 Å². The molecule has 0 rings (SSSR count). The van der Waals surface area contributed by atoms with Crippen LogP contribution in [0.3, 0.4) is 0 Å². The van der Waals surface area contributed by atoms with E-state index in [0.717, 1.165) is 0 Å². The van der Waals surface area contributed by atoms with Gasteiger partial charge in [-0.25, -0.2) is 0 Å². The van der Waals surface area contributed by atoms with E-state index in [1.54, 1.807) is 0 Å². The summed E-state index contributed by atoms with van der Waals surface area (Å²) >= 11 is 0. The molecule has 0 aromatic heterocycles. The fourth-order valence-electron chi connectivity index (χ4n) is 0. The van der Waals surface area contributed by atoms with E-state index in [4.69, 9.17) is 17.5 Å². The van der Waals surface area contributed by atoms with Crippen LogP contribution in [0.1, 0.15) is 0 Å². The normalized spacial score (nSPS) is 7.25. The minimum atomic E-state index is -5.17. The van der Waals surface area contributed by atoms with Crippen LogP contribution in [0.25, 0.3) is 0 Å². The third-order valence-electron chi connectivity index (χ3n) is 0. The molecule has 8 heteroatoms. The van der Waals surface area contributed by atoms with E-state index in [1.165, 1.54) is 0 Å². The average Bonchev–Trinajstić information content (AvgIpc) is 0.722. The maximum atomic E-state index is 8.52. The Morgan fingerprint density at radius 2 is 1.00 bits per heavy atom. The smallest absolute Gasteiger partial charge is 0.759 e. The van der Waals surface area contributed by atoms with E-state index >= 15 is 0 Å². The van der Waals surface area contributed by atoms with Crippen molar-refractivity contribution in [2.75, 3.05) is 0 Å². The van der Waals surface area contributed by atoms with Gasteiger partial charge in [0.15, 0.2) is 0 Å². The fraction of sp³-hybridized carbons (Fsp3) is 0. The van der Waals surface area contributed by atoms with Crippen molar-refractivity contribution in [3.05, 3.63) is 0 Å². The Morgan fingerprint density at radius 3 is 1.00 bits per heavy atom. The van der Waals surface area contributed by atoms with Crippen LogP contribution in [0.2, 0.25) is 0 Å². The Morgan fingerprint density at radius 1 is 1.00 bits per heavy atom. The minimum Gasteiger partial charge on any atom is -0.759 e. The van der Waals surface area contributed by atoms with Gasteiger partial charge in [0.05, 0.1) is 0 Å². The molecule has 0 bridgehead atoms. The maximum absolute atomic E-state index is 8.52. The zero-order valence-corrected chi connectivity index (χ0v) is 6.86. The summed E-state index contributed by atoms with van der Waals surface area (Å²) < 4.78 is 34.1. The Kier molecular flexibility index (Phi) is 22.6. The molecule has 8 heavy (non-hydrogen) atoms. The quantitative estimate of drug-likeness (QED) is 0.195. The van der Waals surface area contributed by atoms with Crippen LogP contribution in [0.4, 0.5) is 0 Å². The Balaban J connectivity index is -0.0000000267. The molecule has 0 saturated heterocycles. The topological polar surface area (TPSA) is 143 Å². The molecule has 0 aliphatic heterocycles. The van der Waals surface area contributed by atoms with Gasteiger partial charge in [0.2, 0.25) is 0 Å². The largest absolute Gasteiger partial charge is 1.00 e. The maximum Gasteiger partial charge on any atom is 1.00 e. The monoisotopic (exact) mass is 155 g/mol. The molecule has 0 unspecified atom stereocenters. The molecule has 0 spiro atoms. The van der Waals surface area contributed by atoms with Crippen molar-refractivity contribution >= 4 is 10.4 Å². The summed E-state index contributed by atoms with van der Waals surface area (Å²) in [6, 6.07) is 0. The summed E-state index contributed by atoms with van der Waals surface area (Å²) in [5.74, 6) is 0. The average molecular weight is 155 g/mol. The van der Waals surface area contributed by atoms with Crippen molar-refractivity contribution in [2.24, 2.45) is 0 Å². The van der Waals surface area contributed by atoms with Crippen molar-refractivity contribution in [2.45, 2.75) is 0 Å². The molecule has 0 atom stereocenters. The molecular formula is H4NaO6S-. The minimum absolute atomic E-state index is 0. The van der Waals surface area contributed by atoms with Crippen LogP contribution in [-0.2, 0) is 10.4 Å². The van der Waals surface area contributed by atoms with Gasteiger partial charge in [-0.3, -0.25) is 8.42 Å². The third kappa shape index (κ3) is 365. The van der Waals surface area contributed by atoms with Gasteiger partial charge in [0.1, 0.15) is 0 Å². The van der Waals surface area contributed by atoms with E-state index in [0.29, 0.717) is 0 Å². The molecule has 6 nitrogen and oxygen atoms in total. The Labute approximate surface area is 68.4 Å². The molecular weight excluding hydrogens is 151 g/mol. The molecule has 0 aromatic carbocycles. The summed E-state index contributed by atoms with van der Waals surface area (Å²) in [6.07, 6.45) is 0. The molecule has 0 aliphatic carbocycles. The van der Waals surface area contributed by atoms with Crippen molar-refractivity contribution in [1.29, 1.82) is 0 Å². The number of hydrogen-bond acceptors (Lipinski definition) is 4. The van der Waals surface area contributed by atoms with Crippen LogP contribution < -0.4 is 29.6 Å². The second-order valence-electron chi connectivity index (χ2n) is 0.408. The molecule has 0 heterocycles. The fourth-order valence-corrected chi connectivity index (χ4v) is 0. The van der Waals surface area contributed by atoms with Gasteiger partial charge in [-0.1, -0.05) is 0 Å². The van der Waals surface area contributed by atoms with Crippen LogP contribution in [-0.4, -0.2) is 28.5 Å². The van der Waals surface area contributed by atoms with Crippen LogP contribution in [0.15, 0.2) is 0 Å². The van der Waals surface area contributed by atoms with E-state index in [9.17, 15) is 0 Å². The molecule has 0 aromatic rings. The standard InChI is InChI=1S/Na.H2O4S.2H2O/c;1-5(2,3)4;;/h;(H2,1,2,3,4);2*1H2/q+1;;;/p-2. The van der Waals surface area contributed by atoms with Gasteiger partial charge in [-0.15, -0.1) is 0 Å². The molecule has 0 fully saturated rings. The molecule has 4 N–H and O–H groups in total. The zero-order valence-electron chi connectivity index (χ0n) is 4.04. The van der Waals surface area contributed by atoms with E-state index in [1.807, 2.05) is 0 Å². The summed E-state index contributed by atoms with van der Waals surface area (Å²) in [4.78, 5) is 0. The SMILES string of the molecule is O.O.O=S(=O)([O-])[O-].[Na+]. The first-order valence-electron chi connectivity index (χ1n) is 0.667. The number of rotatable bonds is 0. The molecule has 0 saturated carbocycles. The van der Waals surface area contributed by atoms with Gasteiger partial charge in [0, 0.05) is 10.4 Å². The first-order valence-corrected chi connectivity index (χ1v) is 2.00. The summed E-state index contributed by atoms with van der Waals surface area (Å²) in [5.41, 5.74) is 0. The second kappa shape index (κ2) is 7.79.